The molecule has 6 heteroatoms. The number of ether oxygens (including phenoxy) is 1. The van der Waals surface area contributed by atoms with Gasteiger partial charge in [0.25, 0.3) is 0 Å². The van der Waals surface area contributed by atoms with Crippen LogP contribution in [0.15, 0.2) is 24.5 Å². The Hall–Kier alpha value is -1.59. The van der Waals surface area contributed by atoms with E-state index in [0.717, 1.165) is 11.4 Å². The maximum absolute atomic E-state index is 6.05. The second kappa shape index (κ2) is 5.84. The van der Waals surface area contributed by atoms with Crippen molar-refractivity contribution in [3.63, 3.8) is 0 Å². The Labute approximate surface area is 111 Å². The molecule has 0 aliphatic rings. The SMILES string of the molecule is COc1ccc(CNCc2ncn(C)n2)cc1Cl. The summed E-state index contributed by atoms with van der Waals surface area (Å²) in [5, 5.41) is 8.06. The number of hydrogen-bond acceptors (Lipinski definition) is 4. The minimum Gasteiger partial charge on any atom is -0.495 e. The van der Waals surface area contributed by atoms with E-state index in [0.29, 0.717) is 23.9 Å². The Morgan fingerprint density at radius 1 is 1.39 bits per heavy atom. The van der Waals surface area contributed by atoms with Crippen molar-refractivity contribution in [1.29, 1.82) is 0 Å². The zero-order valence-corrected chi connectivity index (χ0v) is 11.1. The van der Waals surface area contributed by atoms with Gasteiger partial charge in [-0.1, -0.05) is 17.7 Å². The fourth-order valence-corrected chi connectivity index (χ4v) is 1.88. The van der Waals surface area contributed by atoms with Crippen LogP contribution >= 0.6 is 11.6 Å². The molecule has 5 nitrogen and oxygen atoms in total. The van der Waals surface area contributed by atoms with Crippen molar-refractivity contribution >= 4 is 11.6 Å². The molecule has 0 unspecified atom stereocenters. The predicted octanol–water partition coefficient (Wildman–Crippen LogP) is 1.77. The van der Waals surface area contributed by atoms with Crippen molar-refractivity contribution in [3.05, 3.63) is 40.9 Å². The quantitative estimate of drug-likeness (QED) is 0.896. The molecule has 0 spiro atoms. The van der Waals surface area contributed by atoms with Crippen molar-refractivity contribution in [3.8, 4) is 5.75 Å². The van der Waals surface area contributed by atoms with E-state index in [-0.39, 0.29) is 0 Å². The predicted molar refractivity (Wildman–Crippen MR) is 69.6 cm³/mol. The van der Waals surface area contributed by atoms with Gasteiger partial charge in [0.1, 0.15) is 12.1 Å². The molecule has 0 atom stereocenters. The summed E-state index contributed by atoms with van der Waals surface area (Å²) in [4.78, 5) is 4.14. The number of nitrogens with zero attached hydrogens (tertiary/aromatic N) is 3. The maximum atomic E-state index is 6.05. The molecule has 0 saturated heterocycles. The van der Waals surface area contributed by atoms with Crippen LogP contribution in [0.1, 0.15) is 11.4 Å². The zero-order valence-electron chi connectivity index (χ0n) is 10.4. The minimum absolute atomic E-state index is 0.618. The lowest BCUT2D eigenvalue weighted by Crippen LogP contribution is -2.14. The Morgan fingerprint density at radius 2 is 2.22 bits per heavy atom. The van der Waals surface area contributed by atoms with E-state index in [1.165, 1.54) is 0 Å². The van der Waals surface area contributed by atoms with Crippen molar-refractivity contribution in [1.82, 2.24) is 20.1 Å². The molecule has 18 heavy (non-hydrogen) atoms. The number of rotatable bonds is 5. The summed E-state index contributed by atoms with van der Waals surface area (Å²) in [5.41, 5.74) is 1.09. The van der Waals surface area contributed by atoms with Gasteiger partial charge in [-0.05, 0) is 17.7 Å². The summed E-state index contributed by atoms with van der Waals surface area (Å²) in [6.45, 7) is 1.34. The molecule has 2 rings (SSSR count). The van der Waals surface area contributed by atoms with E-state index in [1.54, 1.807) is 18.1 Å². The highest BCUT2D eigenvalue weighted by Crippen LogP contribution is 2.24. The minimum atomic E-state index is 0.618. The zero-order chi connectivity index (χ0) is 13.0. The molecule has 0 radical (unpaired) electrons. The summed E-state index contributed by atoms with van der Waals surface area (Å²) in [6, 6.07) is 5.72. The Balaban J connectivity index is 1.88. The van der Waals surface area contributed by atoms with Crippen molar-refractivity contribution in [2.75, 3.05) is 7.11 Å². The van der Waals surface area contributed by atoms with Crippen molar-refractivity contribution in [2.24, 2.45) is 7.05 Å². The van der Waals surface area contributed by atoms with Crippen LogP contribution in [0.25, 0.3) is 0 Å². The molecule has 0 aliphatic heterocycles. The van der Waals surface area contributed by atoms with Gasteiger partial charge in [0.05, 0.1) is 18.7 Å². The van der Waals surface area contributed by atoms with Gasteiger partial charge in [0, 0.05) is 13.6 Å². The van der Waals surface area contributed by atoms with Gasteiger partial charge in [-0.2, -0.15) is 5.10 Å². The first-order chi connectivity index (χ1) is 8.69. The fraction of sp³-hybridized carbons (Fsp3) is 0.333. The fourth-order valence-electron chi connectivity index (χ4n) is 1.60. The van der Waals surface area contributed by atoms with Gasteiger partial charge in [-0.15, -0.1) is 0 Å². The van der Waals surface area contributed by atoms with E-state index in [1.807, 2.05) is 25.2 Å². The van der Waals surface area contributed by atoms with Crippen LogP contribution in [-0.2, 0) is 20.1 Å². The molecule has 1 aromatic carbocycles. The smallest absolute Gasteiger partial charge is 0.164 e. The standard InChI is InChI=1S/C12H15ClN4O/c1-17-8-15-12(16-17)7-14-6-9-3-4-11(18-2)10(13)5-9/h3-5,8,14H,6-7H2,1-2H3. The average Bonchev–Trinajstić information content (AvgIpc) is 2.75. The molecule has 0 amide bonds. The lowest BCUT2D eigenvalue weighted by Gasteiger charge is -2.06. The number of methoxy groups -OCH3 is 1. The van der Waals surface area contributed by atoms with Gasteiger partial charge in [-0.3, -0.25) is 4.68 Å². The van der Waals surface area contributed by atoms with Crippen LogP contribution < -0.4 is 10.1 Å². The lowest BCUT2D eigenvalue weighted by atomic mass is 10.2. The van der Waals surface area contributed by atoms with E-state index in [9.17, 15) is 0 Å². The summed E-state index contributed by atoms with van der Waals surface area (Å²) >= 11 is 6.05. The second-order valence-corrected chi connectivity index (χ2v) is 4.31. The monoisotopic (exact) mass is 266 g/mol. The topological polar surface area (TPSA) is 52.0 Å². The largest absolute Gasteiger partial charge is 0.495 e. The highest BCUT2D eigenvalue weighted by Gasteiger charge is 2.02. The average molecular weight is 267 g/mol. The number of aryl methyl sites for hydroxylation is 1. The molecule has 96 valence electrons. The third-order valence-electron chi connectivity index (χ3n) is 2.48. The number of hydrogen-bond donors (Lipinski definition) is 1. The molecular weight excluding hydrogens is 252 g/mol. The summed E-state index contributed by atoms with van der Waals surface area (Å²) < 4.78 is 6.78. The first kappa shape index (κ1) is 12.9. The maximum Gasteiger partial charge on any atom is 0.164 e. The number of halogens is 1. The molecule has 1 aromatic heterocycles. The van der Waals surface area contributed by atoms with Crippen LogP contribution in [0.5, 0.6) is 5.75 Å². The van der Waals surface area contributed by atoms with Gasteiger partial charge in [0.15, 0.2) is 5.82 Å². The molecule has 0 aliphatic carbocycles. The van der Waals surface area contributed by atoms with E-state index in [2.05, 4.69) is 15.4 Å². The van der Waals surface area contributed by atoms with Gasteiger partial charge >= 0.3 is 0 Å². The molecule has 1 heterocycles. The third-order valence-corrected chi connectivity index (χ3v) is 2.77. The van der Waals surface area contributed by atoms with Crippen LogP contribution in [-0.4, -0.2) is 21.9 Å². The van der Waals surface area contributed by atoms with Crippen LogP contribution in [0.3, 0.4) is 0 Å². The summed E-state index contributed by atoms with van der Waals surface area (Å²) in [6.07, 6.45) is 1.68. The van der Waals surface area contributed by atoms with Crippen LogP contribution in [0.2, 0.25) is 5.02 Å². The summed E-state index contributed by atoms with van der Waals surface area (Å²) in [7, 11) is 3.45. The van der Waals surface area contributed by atoms with E-state index >= 15 is 0 Å². The van der Waals surface area contributed by atoms with Crippen molar-refractivity contribution in [2.45, 2.75) is 13.1 Å². The number of benzene rings is 1. The Bertz CT molecular complexity index is 527. The normalized spacial score (nSPS) is 10.6. The summed E-state index contributed by atoms with van der Waals surface area (Å²) in [5.74, 6) is 1.46. The highest BCUT2D eigenvalue weighted by atomic mass is 35.5. The molecule has 2 aromatic rings. The Kier molecular flexibility index (Phi) is 4.17. The van der Waals surface area contributed by atoms with E-state index in [4.69, 9.17) is 16.3 Å². The van der Waals surface area contributed by atoms with Gasteiger partial charge in [0.2, 0.25) is 0 Å². The first-order valence-electron chi connectivity index (χ1n) is 5.56. The second-order valence-electron chi connectivity index (χ2n) is 3.91. The Morgan fingerprint density at radius 3 is 2.83 bits per heavy atom. The van der Waals surface area contributed by atoms with Gasteiger partial charge < -0.3 is 10.1 Å². The number of nitrogens with one attached hydrogen (secondary N) is 1. The van der Waals surface area contributed by atoms with Crippen molar-refractivity contribution < 1.29 is 4.74 Å². The molecular formula is C12H15ClN4O. The highest BCUT2D eigenvalue weighted by molar-refractivity contribution is 6.32. The molecule has 0 bridgehead atoms. The lowest BCUT2D eigenvalue weighted by molar-refractivity contribution is 0.415. The first-order valence-corrected chi connectivity index (χ1v) is 5.94. The van der Waals surface area contributed by atoms with Gasteiger partial charge in [-0.25, -0.2) is 4.98 Å². The molecule has 0 fully saturated rings. The molecule has 1 N–H and O–H groups in total. The third kappa shape index (κ3) is 3.21. The van der Waals surface area contributed by atoms with Crippen LogP contribution in [0, 0.1) is 0 Å². The van der Waals surface area contributed by atoms with E-state index < -0.39 is 0 Å². The number of aromatic nitrogens is 3. The van der Waals surface area contributed by atoms with Crippen LogP contribution in [0.4, 0.5) is 0 Å². The molecule has 0 saturated carbocycles.